The van der Waals surface area contributed by atoms with E-state index in [1.54, 1.807) is 19.1 Å². The van der Waals surface area contributed by atoms with Crippen LogP contribution in [0.1, 0.15) is 33.6 Å². The molecule has 0 aromatic carbocycles. The van der Waals surface area contributed by atoms with Crippen molar-refractivity contribution in [2.24, 2.45) is 5.73 Å². The van der Waals surface area contributed by atoms with E-state index in [2.05, 4.69) is 6.92 Å². The van der Waals surface area contributed by atoms with Gasteiger partial charge in [0.15, 0.2) is 0 Å². The highest BCUT2D eigenvalue weighted by Crippen LogP contribution is 2.17. The maximum absolute atomic E-state index is 11.9. The molecule has 0 aliphatic rings. The van der Waals surface area contributed by atoms with Gasteiger partial charge >= 0.3 is 0 Å². The van der Waals surface area contributed by atoms with Crippen LogP contribution in [0.5, 0.6) is 0 Å². The number of carbonyl (C=O) groups excluding carboxylic acids is 1. The molecular weight excluding hydrogens is 192 g/mol. The third-order valence-corrected chi connectivity index (χ3v) is 3.05. The minimum Gasteiger partial charge on any atom is -0.385 e. The van der Waals surface area contributed by atoms with E-state index in [4.69, 9.17) is 10.5 Å². The van der Waals surface area contributed by atoms with E-state index in [0.717, 1.165) is 6.42 Å². The van der Waals surface area contributed by atoms with E-state index in [-0.39, 0.29) is 11.4 Å². The van der Waals surface area contributed by atoms with Gasteiger partial charge in [0.1, 0.15) is 0 Å². The molecule has 0 spiro atoms. The third kappa shape index (κ3) is 4.18. The predicted octanol–water partition coefficient (Wildman–Crippen LogP) is 0.997. The maximum atomic E-state index is 11.9. The first-order valence-electron chi connectivity index (χ1n) is 5.39. The van der Waals surface area contributed by atoms with Crippen LogP contribution in [0.4, 0.5) is 0 Å². The van der Waals surface area contributed by atoms with Crippen LogP contribution in [0.15, 0.2) is 0 Å². The van der Waals surface area contributed by atoms with Crippen LogP contribution >= 0.6 is 0 Å². The smallest absolute Gasteiger partial charge is 0.239 e. The Bertz CT molecular complexity index is 205. The van der Waals surface area contributed by atoms with Crippen molar-refractivity contribution >= 4 is 5.91 Å². The average molecular weight is 216 g/mol. The van der Waals surface area contributed by atoms with Crippen molar-refractivity contribution in [3.8, 4) is 0 Å². The van der Waals surface area contributed by atoms with Gasteiger partial charge in [0.25, 0.3) is 0 Å². The molecule has 0 radical (unpaired) electrons. The number of likely N-dealkylation sites (N-methyl/N-ethyl adjacent to an activating group) is 1. The summed E-state index contributed by atoms with van der Waals surface area (Å²) in [6.07, 6.45) is 1.48. The number of amides is 1. The van der Waals surface area contributed by atoms with Gasteiger partial charge in [-0.1, -0.05) is 6.92 Å². The number of methoxy groups -OCH3 is 1. The Kier molecular flexibility index (Phi) is 5.83. The van der Waals surface area contributed by atoms with E-state index in [1.165, 1.54) is 0 Å². The minimum absolute atomic E-state index is 0.0149. The lowest BCUT2D eigenvalue weighted by Crippen LogP contribution is -2.51. The largest absolute Gasteiger partial charge is 0.385 e. The highest BCUT2D eigenvalue weighted by Gasteiger charge is 2.28. The first-order valence-corrected chi connectivity index (χ1v) is 5.39. The van der Waals surface area contributed by atoms with Crippen LogP contribution in [0.2, 0.25) is 0 Å². The number of nitrogens with two attached hydrogens (primary N) is 1. The molecule has 2 N–H and O–H groups in total. The number of hydrogen-bond donors (Lipinski definition) is 1. The average Bonchev–Trinajstić information content (AvgIpc) is 2.23. The first kappa shape index (κ1) is 14.4. The number of rotatable bonds is 6. The molecule has 0 rings (SSSR count). The summed E-state index contributed by atoms with van der Waals surface area (Å²) in [6, 6.07) is -0.458. The molecule has 0 bridgehead atoms. The lowest BCUT2D eigenvalue weighted by Gasteiger charge is -2.36. The molecule has 0 aliphatic carbocycles. The Morgan fingerprint density at radius 3 is 2.47 bits per heavy atom. The van der Waals surface area contributed by atoms with E-state index >= 15 is 0 Å². The molecule has 15 heavy (non-hydrogen) atoms. The molecule has 0 aromatic rings. The molecule has 1 atom stereocenters. The molecular formula is C11H24N2O2. The quantitative estimate of drug-likeness (QED) is 0.720. The van der Waals surface area contributed by atoms with Crippen molar-refractivity contribution in [1.82, 2.24) is 4.90 Å². The summed E-state index contributed by atoms with van der Waals surface area (Å²) in [5.74, 6) is -0.0149. The summed E-state index contributed by atoms with van der Waals surface area (Å²) in [5, 5.41) is 0. The van der Waals surface area contributed by atoms with Crippen LogP contribution in [0.3, 0.4) is 0 Å². The minimum atomic E-state index is -0.458. The van der Waals surface area contributed by atoms with Gasteiger partial charge in [0.2, 0.25) is 5.91 Å². The second-order valence-electron chi connectivity index (χ2n) is 4.45. The molecule has 0 saturated carbocycles. The zero-order valence-electron chi connectivity index (χ0n) is 10.5. The lowest BCUT2D eigenvalue weighted by molar-refractivity contribution is -0.136. The molecule has 0 aliphatic heterocycles. The first-order chi connectivity index (χ1) is 6.86. The van der Waals surface area contributed by atoms with Crippen molar-refractivity contribution in [3.05, 3.63) is 0 Å². The van der Waals surface area contributed by atoms with Crippen LogP contribution in [0.25, 0.3) is 0 Å². The van der Waals surface area contributed by atoms with E-state index in [0.29, 0.717) is 13.0 Å². The SMILES string of the molecule is CCC(C)(C)N(C)C(=O)C(N)CCOC. The number of hydrogen-bond acceptors (Lipinski definition) is 3. The highest BCUT2D eigenvalue weighted by molar-refractivity contribution is 5.82. The van der Waals surface area contributed by atoms with Gasteiger partial charge in [-0.25, -0.2) is 0 Å². The third-order valence-electron chi connectivity index (χ3n) is 3.05. The topological polar surface area (TPSA) is 55.6 Å². The van der Waals surface area contributed by atoms with Crippen molar-refractivity contribution in [2.75, 3.05) is 20.8 Å². The molecule has 4 nitrogen and oxygen atoms in total. The van der Waals surface area contributed by atoms with Crippen LogP contribution in [-0.2, 0) is 9.53 Å². The van der Waals surface area contributed by atoms with Gasteiger partial charge in [0.05, 0.1) is 6.04 Å². The van der Waals surface area contributed by atoms with Crippen molar-refractivity contribution in [2.45, 2.75) is 45.2 Å². The van der Waals surface area contributed by atoms with Gasteiger partial charge in [0, 0.05) is 26.3 Å². The van der Waals surface area contributed by atoms with E-state index in [9.17, 15) is 4.79 Å². The predicted molar refractivity (Wildman–Crippen MR) is 61.6 cm³/mol. The van der Waals surface area contributed by atoms with Gasteiger partial charge in [-0.3, -0.25) is 4.79 Å². The van der Waals surface area contributed by atoms with Gasteiger partial charge in [-0.05, 0) is 26.7 Å². The van der Waals surface area contributed by atoms with Crippen molar-refractivity contribution in [3.63, 3.8) is 0 Å². The Morgan fingerprint density at radius 1 is 1.53 bits per heavy atom. The zero-order chi connectivity index (χ0) is 12.1. The van der Waals surface area contributed by atoms with Crippen LogP contribution in [0, 0.1) is 0 Å². The summed E-state index contributed by atoms with van der Waals surface area (Å²) in [6.45, 7) is 6.65. The van der Waals surface area contributed by atoms with E-state index < -0.39 is 6.04 Å². The maximum Gasteiger partial charge on any atom is 0.239 e. The number of carbonyl (C=O) groups is 1. The fraction of sp³-hybridized carbons (Fsp3) is 0.909. The molecule has 0 heterocycles. The second kappa shape index (κ2) is 6.08. The normalized spacial score (nSPS) is 13.7. The fourth-order valence-electron chi connectivity index (χ4n) is 1.15. The molecule has 0 fully saturated rings. The Hall–Kier alpha value is -0.610. The van der Waals surface area contributed by atoms with Crippen molar-refractivity contribution < 1.29 is 9.53 Å². The summed E-state index contributed by atoms with van der Waals surface area (Å²) in [5.41, 5.74) is 5.65. The Labute approximate surface area is 92.8 Å². The monoisotopic (exact) mass is 216 g/mol. The molecule has 1 amide bonds. The van der Waals surface area contributed by atoms with Gasteiger partial charge in [-0.15, -0.1) is 0 Å². The zero-order valence-corrected chi connectivity index (χ0v) is 10.5. The molecule has 0 aromatic heterocycles. The number of ether oxygens (including phenoxy) is 1. The van der Waals surface area contributed by atoms with Crippen LogP contribution in [-0.4, -0.2) is 43.2 Å². The van der Waals surface area contributed by atoms with Crippen LogP contribution < -0.4 is 5.73 Å². The van der Waals surface area contributed by atoms with Gasteiger partial charge < -0.3 is 15.4 Å². The summed E-state index contributed by atoms with van der Waals surface area (Å²) >= 11 is 0. The van der Waals surface area contributed by atoms with Crippen molar-refractivity contribution in [1.29, 1.82) is 0 Å². The number of nitrogens with zero attached hydrogens (tertiary/aromatic N) is 1. The standard InChI is InChI=1S/C11H24N2O2/c1-6-11(2,3)13(4)10(14)9(12)7-8-15-5/h9H,6-8,12H2,1-5H3. The molecule has 0 saturated heterocycles. The Balaban J connectivity index is 4.31. The summed E-state index contributed by atoms with van der Waals surface area (Å²) < 4.78 is 4.90. The van der Waals surface area contributed by atoms with Gasteiger partial charge in [-0.2, -0.15) is 0 Å². The highest BCUT2D eigenvalue weighted by atomic mass is 16.5. The summed E-state index contributed by atoms with van der Waals surface area (Å²) in [4.78, 5) is 13.6. The fourth-order valence-corrected chi connectivity index (χ4v) is 1.15. The molecule has 4 heteroatoms. The lowest BCUT2D eigenvalue weighted by atomic mass is 9.98. The molecule has 1 unspecified atom stereocenters. The summed E-state index contributed by atoms with van der Waals surface area (Å²) in [7, 11) is 3.41. The molecule has 90 valence electrons. The second-order valence-corrected chi connectivity index (χ2v) is 4.45. The van der Waals surface area contributed by atoms with E-state index in [1.807, 2.05) is 13.8 Å². The Morgan fingerprint density at radius 2 is 2.07 bits per heavy atom.